The van der Waals surface area contributed by atoms with E-state index in [4.69, 9.17) is 0 Å². The number of rotatable bonds is 0. The van der Waals surface area contributed by atoms with Crippen LogP contribution in [0.4, 0.5) is 0 Å². The molecule has 0 aromatic carbocycles. The van der Waals surface area contributed by atoms with Crippen molar-refractivity contribution >= 4 is 49.5 Å². The van der Waals surface area contributed by atoms with Gasteiger partial charge < -0.3 is 4.90 Å². The SMILES string of the molecule is O=C1C(Br)[C@H]2SC(Br)C=CN12. The standard InChI is InChI=1S/C6H5Br2NOS/c7-3-1-2-9-5(10)4(8)6(9)11-3/h1-4,6H/t3?,4?,6-/m1/s1. The average molecular weight is 299 g/mol. The molecule has 0 aliphatic carbocycles. The molecule has 0 spiro atoms. The highest BCUT2D eigenvalue weighted by atomic mass is 79.9. The predicted molar refractivity (Wildman–Crippen MR) is 52.8 cm³/mol. The van der Waals surface area contributed by atoms with Crippen molar-refractivity contribution in [2.45, 2.75) is 14.4 Å². The summed E-state index contributed by atoms with van der Waals surface area (Å²) in [5.41, 5.74) is 0. The van der Waals surface area contributed by atoms with E-state index in [0.29, 0.717) is 4.16 Å². The number of alkyl halides is 2. The molecule has 5 heteroatoms. The predicted octanol–water partition coefficient (Wildman–Crippen LogP) is 1.90. The Hall–Kier alpha value is 0.520. The van der Waals surface area contributed by atoms with Gasteiger partial charge in [0, 0.05) is 6.20 Å². The Bertz CT molecular complexity index is 233. The molecular weight excluding hydrogens is 294 g/mol. The molecule has 1 fully saturated rings. The van der Waals surface area contributed by atoms with Gasteiger partial charge in [-0.2, -0.15) is 0 Å². The van der Waals surface area contributed by atoms with Gasteiger partial charge in [-0.15, -0.1) is 11.8 Å². The maximum absolute atomic E-state index is 11.1. The molecule has 1 amide bonds. The van der Waals surface area contributed by atoms with E-state index in [1.165, 1.54) is 0 Å². The molecule has 0 radical (unpaired) electrons. The van der Waals surface area contributed by atoms with Crippen LogP contribution in [0.15, 0.2) is 12.3 Å². The van der Waals surface area contributed by atoms with E-state index in [2.05, 4.69) is 31.9 Å². The Morgan fingerprint density at radius 3 is 3.00 bits per heavy atom. The third-order valence-corrected chi connectivity index (χ3v) is 5.07. The third kappa shape index (κ3) is 1.17. The second-order valence-corrected chi connectivity index (χ2v) is 6.21. The molecule has 2 aliphatic rings. The van der Waals surface area contributed by atoms with E-state index in [1.807, 2.05) is 12.3 Å². The minimum Gasteiger partial charge on any atom is -0.304 e. The van der Waals surface area contributed by atoms with Crippen molar-refractivity contribution in [3.8, 4) is 0 Å². The van der Waals surface area contributed by atoms with Gasteiger partial charge in [0.1, 0.15) is 10.2 Å². The van der Waals surface area contributed by atoms with Crippen LogP contribution < -0.4 is 0 Å². The normalized spacial score (nSPS) is 41.8. The van der Waals surface area contributed by atoms with Crippen LogP contribution in [-0.4, -0.2) is 25.2 Å². The van der Waals surface area contributed by atoms with Gasteiger partial charge in [-0.25, -0.2) is 0 Å². The smallest absolute Gasteiger partial charge is 0.244 e. The summed E-state index contributed by atoms with van der Waals surface area (Å²) in [5, 5.41) is 0.289. The number of fused-ring (bicyclic) bond motifs is 1. The summed E-state index contributed by atoms with van der Waals surface area (Å²) >= 11 is 8.52. The van der Waals surface area contributed by atoms with Crippen molar-refractivity contribution in [2.75, 3.05) is 0 Å². The Kier molecular flexibility index (Phi) is 2.06. The van der Waals surface area contributed by atoms with Gasteiger partial charge in [0.2, 0.25) is 5.91 Å². The summed E-state index contributed by atoms with van der Waals surface area (Å²) in [6, 6.07) is 0. The highest BCUT2D eigenvalue weighted by molar-refractivity contribution is 9.11. The average Bonchev–Trinajstić information content (AvgIpc) is 2.03. The van der Waals surface area contributed by atoms with Crippen LogP contribution >= 0.6 is 43.6 Å². The number of nitrogens with zero attached hydrogens (tertiary/aromatic N) is 1. The maximum Gasteiger partial charge on any atom is 0.244 e. The topological polar surface area (TPSA) is 20.3 Å². The van der Waals surface area contributed by atoms with Crippen LogP contribution in [-0.2, 0) is 4.79 Å². The first-order valence-corrected chi connectivity index (χ1v) is 5.91. The second-order valence-electron chi connectivity index (χ2n) is 2.37. The Morgan fingerprint density at radius 2 is 2.27 bits per heavy atom. The fourth-order valence-electron chi connectivity index (χ4n) is 1.08. The van der Waals surface area contributed by atoms with Crippen molar-refractivity contribution in [1.82, 2.24) is 4.90 Å². The lowest BCUT2D eigenvalue weighted by Crippen LogP contribution is -2.58. The van der Waals surface area contributed by atoms with Crippen molar-refractivity contribution in [2.24, 2.45) is 0 Å². The van der Waals surface area contributed by atoms with Gasteiger partial charge in [-0.05, 0) is 6.08 Å². The molecular formula is C6H5Br2NOS. The minimum atomic E-state index is 0.0116. The van der Waals surface area contributed by atoms with Gasteiger partial charge in [-0.1, -0.05) is 31.9 Å². The number of hydrogen-bond donors (Lipinski definition) is 0. The summed E-state index contributed by atoms with van der Waals surface area (Å²) in [6.07, 6.45) is 3.82. The number of carbonyl (C=O) groups excluding carboxylic acids is 1. The molecule has 0 bridgehead atoms. The van der Waals surface area contributed by atoms with Crippen LogP contribution in [0.1, 0.15) is 0 Å². The Balaban J connectivity index is 2.17. The van der Waals surface area contributed by atoms with Crippen LogP contribution in [0.2, 0.25) is 0 Å². The Morgan fingerprint density at radius 1 is 1.55 bits per heavy atom. The first-order chi connectivity index (χ1) is 5.20. The number of hydrogen-bond acceptors (Lipinski definition) is 2. The number of amides is 1. The zero-order chi connectivity index (χ0) is 8.01. The van der Waals surface area contributed by atoms with Crippen LogP contribution in [0, 0.1) is 0 Å². The van der Waals surface area contributed by atoms with Gasteiger partial charge >= 0.3 is 0 Å². The summed E-state index contributed by atoms with van der Waals surface area (Å²) < 4.78 is 0.344. The van der Waals surface area contributed by atoms with Crippen molar-refractivity contribution < 1.29 is 4.79 Å². The molecule has 2 heterocycles. The van der Waals surface area contributed by atoms with Gasteiger partial charge in [-0.3, -0.25) is 4.79 Å². The highest BCUT2D eigenvalue weighted by Crippen LogP contribution is 2.42. The van der Waals surface area contributed by atoms with Crippen molar-refractivity contribution in [3.05, 3.63) is 12.3 Å². The first-order valence-electron chi connectivity index (χ1n) is 3.14. The first kappa shape index (κ1) is 8.13. The Labute approximate surface area is 85.6 Å². The van der Waals surface area contributed by atoms with E-state index in [-0.39, 0.29) is 16.1 Å². The summed E-state index contributed by atoms with van der Waals surface area (Å²) in [5.74, 6) is 0.165. The van der Waals surface area contributed by atoms with Gasteiger partial charge in [0.25, 0.3) is 0 Å². The van der Waals surface area contributed by atoms with E-state index in [9.17, 15) is 4.79 Å². The lowest BCUT2D eigenvalue weighted by atomic mass is 10.2. The minimum absolute atomic E-state index is 0.0116. The zero-order valence-corrected chi connectivity index (χ0v) is 9.39. The molecule has 0 N–H and O–H groups in total. The number of halogens is 2. The van der Waals surface area contributed by atoms with Crippen LogP contribution in [0.25, 0.3) is 0 Å². The van der Waals surface area contributed by atoms with Gasteiger partial charge in [0.15, 0.2) is 0 Å². The molecule has 2 nitrogen and oxygen atoms in total. The lowest BCUT2D eigenvalue weighted by Gasteiger charge is -2.44. The fraction of sp³-hybridized carbons (Fsp3) is 0.500. The van der Waals surface area contributed by atoms with Crippen LogP contribution in [0.3, 0.4) is 0 Å². The number of carbonyl (C=O) groups is 1. The summed E-state index contributed by atoms with van der Waals surface area (Å²) in [6.45, 7) is 0. The number of thioether (sulfide) groups is 1. The molecule has 2 rings (SSSR count). The molecule has 11 heavy (non-hydrogen) atoms. The summed E-state index contributed by atoms with van der Waals surface area (Å²) in [7, 11) is 0. The fourth-order valence-corrected chi connectivity index (χ4v) is 3.73. The van der Waals surface area contributed by atoms with Crippen molar-refractivity contribution in [1.29, 1.82) is 0 Å². The van der Waals surface area contributed by atoms with Crippen molar-refractivity contribution in [3.63, 3.8) is 0 Å². The maximum atomic E-state index is 11.1. The molecule has 2 unspecified atom stereocenters. The number of β-lactam (4-membered cyclic amide) rings is 1. The zero-order valence-electron chi connectivity index (χ0n) is 5.41. The quantitative estimate of drug-likeness (QED) is 0.503. The van der Waals surface area contributed by atoms with Gasteiger partial charge in [0.05, 0.1) is 4.16 Å². The molecule has 3 atom stereocenters. The molecule has 0 aromatic heterocycles. The van der Waals surface area contributed by atoms with E-state index in [1.54, 1.807) is 16.7 Å². The van der Waals surface area contributed by atoms with E-state index in [0.717, 1.165) is 0 Å². The molecule has 0 aromatic rings. The highest BCUT2D eigenvalue weighted by Gasteiger charge is 2.47. The molecule has 1 saturated heterocycles. The van der Waals surface area contributed by atoms with Crippen LogP contribution in [0.5, 0.6) is 0 Å². The van der Waals surface area contributed by atoms with E-state index < -0.39 is 0 Å². The largest absolute Gasteiger partial charge is 0.304 e. The molecule has 0 saturated carbocycles. The third-order valence-electron chi connectivity index (χ3n) is 1.68. The lowest BCUT2D eigenvalue weighted by molar-refractivity contribution is -0.136. The summed E-state index contributed by atoms with van der Waals surface area (Å²) in [4.78, 5) is 12.9. The monoisotopic (exact) mass is 297 g/mol. The molecule has 2 aliphatic heterocycles. The van der Waals surface area contributed by atoms with E-state index >= 15 is 0 Å². The second kappa shape index (κ2) is 2.78. The molecule has 60 valence electrons.